The molecule has 31 nitrogen and oxygen atoms in total. The summed E-state index contributed by atoms with van der Waals surface area (Å²) >= 11 is 0.900. The molecule has 1 fully saturated rings. The Bertz CT molecular complexity index is 5020. The number of benzene rings is 6. The fourth-order valence-corrected chi connectivity index (χ4v) is 16.5. The summed E-state index contributed by atoms with van der Waals surface area (Å²) in [5, 5.41) is 28.0. The highest BCUT2D eigenvalue weighted by molar-refractivity contribution is 8.00. The molecular weight excluding hydrogens is 1670 g/mol. The number of hydrogen-bond acceptors (Lipinski definition) is 19. The standard InChI is InChI=1S/C97H123N13O18S/c1-12-13-33-81-96(126)106(7)54-71(113)50-69(56-128-59-111)85(115)52-73(61(4)5)93(123)109(10)82(48-64-27-19-15-20-28-64)92(122)104-78(47-67-38-40-70(112)41-39-67)94(124)107(8)55-87(117)100-77(51-68-53-99-74-32-24-23-31-72(68)74)91(121)103-76(45-66-36-34-62(6)35-37-66)90(120)102-75(44-60(2)3)89(119)105-80(84(114)42-43-86(98)116)57-129-58-88(118)101-79(46-63-25-17-14-18-26-63)95(125)110(11)83(97(127)108(81)9)49-65-29-21-16-22-30-65/h14-32,34-41,53,59-61,69,73,75-83,99,112H,12-13,33,42-52,54-58H2,1-11H3,(H2,98,116)(H,100,117)(H,101,118)(H,102,120)(H,103,121)(H,104,122)(H,105,119)/t69-,73-,75-,76-,77-,78-,79-,80-,81-,82-,83-/m0/s1. The Balaban J connectivity index is 1.21. The molecule has 2 heterocycles. The minimum absolute atomic E-state index is 0.0302. The number of unbranched alkanes of at least 4 members (excludes halogenated alkanes) is 1. The molecule has 10 N–H and O–H groups in total. The average molecular weight is 1790 g/mol. The summed E-state index contributed by atoms with van der Waals surface area (Å²) in [6.07, 6.45) is -0.200. The van der Waals surface area contributed by atoms with Crippen LogP contribution in [0.25, 0.3) is 10.9 Å². The third-order valence-electron chi connectivity index (χ3n) is 23.1. The van der Waals surface area contributed by atoms with Crippen LogP contribution >= 0.6 is 11.8 Å². The number of H-pyrrole nitrogens is 1. The van der Waals surface area contributed by atoms with Gasteiger partial charge in [-0.2, -0.15) is 0 Å². The molecule has 32 heteroatoms. The molecule has 1 aliphatic rings. The van der Waals surface area contributed by atoms with Crippen LogP contribution in [0, 0.1) is 30.6 Å². The highest BCUT2D eigenvalue weighted by atomic mass is 32.2. The first-order chi connectivity index (χ1) is 61.5. The van der Waals surface area contributed by atoms with Gasteiger partial charge in [0.15, 0.2) is 11.6 Å². The van der Waals surface area contributed by atoms with Crippen LogP contribution in [0.4, 0.5) is 0 Å². The first kappa shape index (κ1) is 102. The lowest BCUT2D eigenvalue weighted by Gasteiger charge is -2.37. The number of likely N-dealkylation sites (N-methyl/N-ethyl adjacent to an activating group) is 5. The molecule has 7 aromatic rings. The van der Waals surface area contributed by atoms with Crippen LogP contribution in [0.5, 0.6) is 5.75 Å². The monoisotopic (exact) mass is 1790 g/mol. The lowest BCUT2D eigenvalue weighted by molar-refractivity contribution is -0.151. The Morgan fingerprint density at radius 1 is 0.512 bits per heavy atom. The van der Waals surface area contributed by atoms with Gasteiger partial charge in [-0.25, -0.2) is 0 Å². The molecule has 1 aromatic heterocycles. The zero-order valence-electron chi connectivity index (χ0n) is 75.3. The van der Waals surface area contributed by atoms with E-state index in [-0.39, 0.29) is 75.3 Å². The van der Waals surface area contributed by atoms with E-state index < -0.39 is 211 Å². The Kier molecular flexibility index (Phi) is 39.4. The third-order valence-corrected chi connectivity index (χ3v) is 24.1. The van der Waals surface area contributed by atoms with Crippen LogP contribution in [0.15, 0.2) is 170 Å². The van der Waals surface area contributed by atoms with Crippen molar-refractivity contribution in [3.63, 3.8) is 0 Å². The van der Waals surface area contributed by atoms with Gasteiger partial charge in [-0.05, 0) is 83.2 Å². The third kappa shape index (κ3) is 31.0. The number of nitrogens with one attached hydrogen (secondary N) is 7. The molecule has 0 radical (unpaired) electrons. The number of aromatic amines is 1. The van der Waals surface area contributed by atoms with Crippen molar-refractivity contribution in [1.82, 2.24) is 61.4 Å². The Morgan fingerprint density at radius 2 is 1.01 bits per heavy atom. The number of carbonyl (C=O) groups is 16. The fourth-order valence-electron chi connectivity index (χ4n) is 15.6. The highest BCUT2D eigenvalue weighted by Crippen LogP contribution is 2.28. The number of aromatic nitrogens is 1. The number of fused-ring (bicyclic) bond motifs is 1. The average Bonchev–Trinajstić information content (AvgIpc) is 1.80. The molecular formula is C97H123N13O18S. The second-order valence-corrected chi connectivity index (χ2v) is 35.1. The summed E-state index contributed by atoms with van der Waals surface area (Å²) in [4.78, 5) is 244. The minimum Gasteiger partial charge on any atom is -0.508 e. The molecule has 0 saturated carbocycles. The zero-order chi connectivity index (χ0) is 94.1. The lowest BCUT2D eigenvalue weighted by atomic mass is 9.84. The van der Waals surface area contributed by atoms with Crippen LogP contribution in [0.1, 0.15) is 125 Å². The number of aryl methyl sites for hydroxylation is 1. The fraction of sp³-hybridized carbons (Fsp3) is 0.443. The molecule has 1 aliphatic heterocycles. The van der Waals surface area contributed by atoms with E-state index in [4.69, 9.17) is 10.5 Å². The van der Waals surface area contributed by atoms with E-state index in [1.807, 2.05) is 19.9 Å². The predicted molar refractivity (Wildman–Crippen MR) is 488 cm³/mol. The lowest BCUT2D eigenvalue weighted by Crippen LogP contribution is -2.59. The summed E-state index contributed by atoms with van der Waals surface area (Å²) < 4.78 is 5.16. The number of aromatic hydroxyl groups is 1. The van der Waals surface area contributed by atoms with E-state index in [2.05, 4.69) is 36.9 Å². The van der Waals surface area contributed by atoms with Gasteiger partial charge in [0, 0.05) is 128 Å². The van der Waals surface area contributed by atoms with E-state index in [0.717, 1.165) is 27.1 Å². The van der Waals surface area contributed by atoms with Crippen molar-refractivity contribution in [3.05, 3.63) is 209 Å². The first-order valence-electron chi connectivity index (χ1n) is 43.6. The number of hydrogen-bond donors (Lipinski definition) is 9. The molecule has 0 aliphatic carbocycles. The number of nitrogens with zero attached hydrogens (tertiary/aromatic N) is 5. The maximum atomic E-state index is 15.6. The number of amides is 12. The number of ether oxygens (including phenoxy) is 1. The Hall–Kier alpha value is -12.9. The molecule has 690 valence electrons. The van der Waals surface area contributed by atoms with Crippen molar-refractivity contribution < 1.29 is 86.6 Å². The zero-order valence-corrected chi connectivity index (χ0v) is 76.1. The number of para-hydroxylation sites is 1. The van der Waals surface area contributed by atoms with E-state index in [1.165, 1.54) is 74.2 Å². The normalized spacial score (nSPS) is 22.0. The van der Waals surface area contributed by atoms with Gasteiger partial charge in [0.25, 0.3) is 6.47 Å². The molecule has 1 saturated heterocycles. The maximum Gasteiger partial charge on any atom is 0.293 e. The number of rotatable bonds is 25. The number of phenols is 1. The summed E-state index contributed by atoms with van der Waals surface area (Å²) in [6.45, 7) is 8.84. The smallest absolute Gasteiger partial charge is 0.293 e. The minimum atomic E-state index is -1.51. The molecule has 0 bridgehead atoms. The van der Waals surface area contributed by atoms with Gasteiger partial charge in [-0.3, -0.25) is 76.7 Å². The van der Waals surface area contributed by atoms with Crippen LogP contribution in [-0.2, 0) is 120 Å². The van der Waals surface area contributed by atoms with E-state index in [0.29, 0.717) is 57.1 Å². The number of nitrogens with two attached hydrogens (primary N) is 1. The molecule has 8 rings (SSSR count). The van der Waals surface area contributed by atoms with Crippen LogP contribution in [-0.4, -0.2) is 250 Å². The first-order valence-corrected chi connectivity index (χ1v) is 44.8. The Labute approximate surface area is 757 Å². The molecule has 12 amide bonds. The molecule has 0 spiro atoms. The molecule has 0 unspecified atom stereocenters. The van der Waals surface area contributed by atoms with Crippen molar-refractivity contribution in [2.75, 3.05) is 66.4 Å². The van der Waals surface area contributed by atoms with Crippen molar-refractivity contribution in [1.29, 1.82) is 0 Å². The molecule has 129 heavy (non-hydrogen) atoms. The topological polar surface area (TPSA) is 433 Å². The second-order valence-electron chi connectivity index (χ2n) is 34.1. The van der Waals surface area contributed by atoms with Gasteiger partial charge in [0.05, 0.1) is 30.8 Å². The van der Waals surface area contributed by atoms with E-state index in [1.54, 1.807) is 167 Å². The summed E-state index contributed by atoms with van der Waals surface area (Å²) in [5.74, 6) is -15.7. The van der Waals surface area contributed by atoms with Crippen molar-refractivity contribution in [3.8, 4) is 5.75 Å². The number of primary amides is 1. The van der Waals surface area contributed by atoms with Gasteiger partial charge in [-0.15, -0.1) is 11.8 Å². The van der Waals surface area contributed by atoms with Crippen LogP contribution in [0.2, 0.25) is 0 Å². The Morgan fingerprint density at radius 3 is 1.59 bits per heavy atom. The maximum absolute atomic E-state index is 15.6. The summed E-state index contributed by atoms with van der Waals surface area (Å²) in [5.41, 5.74) is 10.5. The van der Waals surface area contributed by atoms with E-state index in [9.17, 15) is 38.7 Å². The number of Topliss-reactive ketones (excluding diaryl/α,β-unsaturated/α-hetero) is 3. The van der Waals surface area contributed by atoms with Gasteiger partial charge < -0.3 is 77.0 Å². The van der Waals surface area contributed by atoms with Crippen molar-refractivity contribution in [2.45, 2.75) is 186 Å². The van der Waals surface area contributed by atoms with Gasteiger partial charge in [-0.1, -0.05) is 199 Å². The van der Waals surface area contributed by atoms with Gasteiger partial charge in [0.2, 0.25) is 70.9 Å². The summed E-state index contributed by atoms with van der Waals surface area (Å²) in [6, 6.07) is 33.6. The molecule has 6 aromatic carbocycles. The summed E-state index contributed by atoms with van der Waals surface area (Å²) in [7, 11) is 6.86. The van der Waals surface area contributed by atoms with Crippen molar-refractivity contribution in [2.24, 2.45) is 29.4 Å². The number of thioether (sulfide) groups is 1. The van der Waals surface area contributed by atoms with Gasteiger partial charge in [0.1, 0.15) is 66.5 Å². The largest absolute Gasteiger partial charge is 0.508 e. The highest BCUT2D eigenvalue weighted by Gasteiger charge is 2.42. The van der Waals surface area contributed by atoms with Crippen LogP contribution in [0.3, 0.4) is 0 Å². The SMILES string of the molecule is CCCC[C@H]1C(=O)N(C)CC(=O)C[C@@H](COC=O)C(=O)C[C@@H](C(C)C)C(=O)N(C)[C@@H](Cc2ccccc2)C(=O)N[C@@H](Cc2ccc(O)cc2)C(=O)N(C)CC(=O)N[C@@H](Cc2c[nH]c3ccccc23)C(=O)N[C@@H](Cc2ccc(C)cc2)C(=O)N[C@@H](CC(C)C)C(=O)N[C@H](C(=O)CCC(N)=O)CSCC(=O)N[C@@H](Cc2ccccc2)C(=O)N(C)[C@@H](Cc2ccccc2)C(=O)N1C. The predicted octanol–water partition coefficient (Wildman–Crippen LogP) is 6.04. The van der Waals surface area contributed by atoms with E-state index >= 15 is 43.2 Å². The molecule has 11 atom stereocenters. The quantitative estimate of drug-likeness (QED) is 0.0294. The second kappa shape index (κ2) is 50.0. The number of ketones is 3. The van der Waals surface area contributed by atoms with Crippen LogP contribution < -0.4 is 37.6 Å². The number of phenolic OH excluding ortho intramolecular Hbond substituents is 1. The van der Waals surface area contributed by atoms with Crippen molar-refractivity contribution >= 4 is 117 Å². The number of carbonyl (C=O) groups excluding carboxylic acids is 16. The van der Waals surface area contributed by atoms with Gasteiger partial charge >= 0.3 is 0 Å².